The Bertz CT molecular complexity index is 1140. The van der Waals surface area contributed by atoms with Gasteiger partial charge in [0.15, 0.2) is 0 Å². The molecular formula is C20H14ClFN4. The van der Waals surface area contributed by atoms with Crippen molar-refractivity contribution in [3.8, 4) is 22.5 Å². The van der Waals surface area contributed by atoms with Crippen LogP contribution in [0.2, 0.25) is 5.02 Å². The van der Waals surface area contributed by atoms with Crippen LogP contribution in [-0.4, -0.2) is 9.97 Å². The fraction of sp³-hybridized carbons (Fsp3) is 0. The molecule has 4 N–H and O–H groups in total. The first-order valence-electron chi connectivity index (χ1n) is 7.90. The van der Waals surface area contributed by atoms with E-state index in [1.807, 2.05) is 24.3 Å². The lowest BCUT2D eigenvalue weighted by molar-refractivity contribution is 0.631. The van der Waals surface area contributed by atoms with Gasteiger partial charge in [-0.25, -0.2) is 9.37 Å². The van der Waals surface area contributed by atoms with E-state index in [1.165, 1.54) is 12.1 Å². The third-order valence-electron chi connectivity index (χ3n) is 4.20. The second kappa shape index (κ2) is 6.28. The van der Waals surface area contributed by atoms with Gasteiger partial charge >= 0.3 is 0 Å². The molecule has 2 heterocycles. The Labute approximate surface area is 154 Å². The molecule has 0 radical (unpaired) electrons. The van der Waals surface area contributed by atoms with Gasteiger partial charge in [0.05, 0.1) is 28.3 Å². The minimum Gasteiger partial charge on any atom is -0.397 e. The highest BCUT2D eigenvalue weighted by Crippen LogP contribution is 2.36. The molecule has 0 aliphatic rings. The van der Waals surface area contributed by atoms with Crippen molar-refractivity contribution in [3.05, 3.63) is 71.6 Å². The number of anilines is 2. The summed E-state index contributed by atoms with van der Waals surface area (Å²) in [5.41, 5.74) is 15.6. The molecule has 2 aromatic heterocycles. The average Bonchev–Trinajstić information content (AvgIpc) is 2.65. The van der Waals surface area contributed by atoms with E-state index < -0.39 is 5.82 Å². The molecule has 0 aliphatic heterocycles. The highest BCUT2D eigenvalue weighted by Gasteiger charge is 2.15. The first kappa shape index (κ1) is 16.3. The van der Waals surface area contributed by atoms with Gasteiger partial charge in [-0.3, -0.25) is 4.98 Å². The number of hydrogen-bond acceptors (Lipinski definition) is 4. The summed E-state index contributed by atoms with van der Waals surface area (Å²) in [5, 5.41) is 1.28. The van der Waals surface area contributed by atoms with Gasteiger partial charge in [-0.05, 0) is 36.4 Å². The Kier molecular flexibility index (Phi) is 3.93. The van der Waals surface area contributed by atoms with Gasteiger partial charge in [0.2, 0.25) is 0 Å². The summed E-state index contributed by atoms with van der Waals surface area (Å²) < 4.78 is 14.4. The van der Waals surface area contributed by atoms with Crippen LogP contribution in [-0.2, 0) is 0 Å². The van der Waals surface area contributed by atoms with Gasteiger partial charge in [-0.15, -0.1) is 0 Å². The molecule has 4 nitrogen and oxygen atoms in total. The van der Waals surface area contributed by atoms with Crippen molar-refractivity contribution < 1.29 is 4.39 Å². The van der Waals surface area contributed by atoms with Crippen molar-refractivity contribution in [2.45, 2.75) is 0 Å². The van der Waals surface area contributed by atoms with Crippen LogP contribution in [0.3, 0.4) is 0 Å². The predicted molar refractivity (Wildman–Crippen MR) is 104 cm³/mol. The molecule has 4 aromatic rings. The molecule has 2 aromatic carbocycles. The number of nitrogens with zero attached hydrogens (tertiary/aromatic N) is 2. The lowest BCUT2D eigenvalue weighted by Gasteiger charge is -2.13. The third-order valence-corrected chi connectivity index (χ3v) is 4.43. The molecular weight excluding hydrogens is 351 g/mol. The maximum atomic E-state index is 14.4. The topological polar surface area (TPSA) is 77.8 Å². The van der Waals surface area contributed by atoms with Crippen molar-refractivity contribution in [3.63, 3.8) is 0 Å². The third kappa shape index (κ3) is 2.72. The molecule has 0 bridgehead atoms. The van der Waals surface area contributed by atoms with Gasteiger partial charge in [0.1, 0.15) is 5.82 Å². The fourth-order valence-corrected chi connectivity index (χ4v) is 3.08. The van der Waals surface area contributed by atoms with Crippen LogP contribution >= 0.6 is 11.6 Å². The van der Waals surface area contributed by atoms with Crippen LogP contribution in [0.15, 0.2) is 60.8 Å². The Balaban J connectivity index is 2.07. The standard InChI is InChI=1S/C20H14ClFN4/c21-11-5-6-15(22)14(9-11)18-10-13(12-3-1-2-4-17(12)26-18)20-19(24)16(23)7-8-25-20/h1-10H,24H2,(H2,23,25). The first-order chi connectivity index (χ1) is 12.5. The molecule has 0 saturated carbocycles. The highest BCUT2D eigenvalue weighted by atomic mass is 35.5. The van der Waals surface area contributed by atoms with E-state index in [1.54, 1.807) is 24.4 Å². The largest absolute Gasteiger partial charge is 0.397 e. The summed E-state index contributed by atoms with van der Waals surface area (Å²) in [6.45, 7) is 0. The second-order valence-electron chi connectivity index (χ2n) is 5.86. The summed E-state index contributed by atoms with van der Waals surface area (Å²) in [6, 6.07) is 15.3. The highest BCUT2D eigenvalue weighted by molar-refractivity contribution is 6.30. The molecule has 0 saturated heterocycles. The molecule has 0 fully saturated rings. The van der Waals surface area contributed by atoms with Crippen LogP contribution < -0.4 is 11.5 Å². The van der Waals surface area contributed by atoms with Crippen LogP contribution in [0, 0.1) is 5.82 Å². The summed E-state index contributed by atoms with van der Waals surface area (Å²) in [7, 11) is 0. The molecule has 4 rings (SSSR count). The van der Waals surface area contributed by atoms with Gasteiger partial charge in [-0.2, -0.15) is 0 Å². The van der Waals surface area contributed by atoms with Gasteiger partial charge in [-0.1, -0.05) is 29.8 Å². The van der Waals surface area contributed by atoms with Gasteiger partial charge in [0, 0.05) is 27.7 Å². The lowest BCUT2D eigenvalue weighted by Crippen LogP contribution is -2.00. The van der Waals surface area contributed by atoms with Crippen molar-refractivity contribution in [1.82, 2.24) is 9.97 Å². The Morgan fingerprint density at radius 2 is 1.73 bits per heavy atom. The first-order valence-corrected chi connectivity index (χ1v) is 8.28. The van der Waals surface area contributed by atoms with Crippen molar-refractivity contribution >= 4 is 33.9 Å². The number of halogens is 2. The summed E-state index contributed by atoms with van der Waals surface area (Å²) >= 11 is 6.04. The van der Waals surface area contributed by atoms with E-state index in [4.69, 9.17) is 23.1 Å². The molecule has 0 spiro atoms. The minimum atomic E-state index is -0.406. The molecule has 128 valence electrons. The number of aromatic nitrogens is 2. The van der Waals surface area contributed by atoms with Crippen molar-refractivity contribution in [1.29, 1.82) is 0 Å². The molecule has 26 heavy (non-hydrogen) atoms. The quantitative estimate of drug-likeness (QED) is 0.529. The van der Waals surface area contributed by atoms with E-state index in [0.29, 0.717) is 38.9 Å². The number of benzene rings is 2. The average molecular weight is 365 g/mol. The minimum absolute atomic E-state index is 0.312. The van der Waals surface area contributed by atoms with Crippen LogP contribution in [0.1, 0.15) is 0 Å². The number of hydrogen-bond donors (Lipinski definition) is 2. The SMILES string of the molecule is Nc1ccnc(-c2cc(-c3cc(Cl)ccc3F)nc3ccccc23)c1N. The smallest absolute Gasteiger partial charge is 0.132 e. The van der Waals surface area contributed by atoms with E-state index in [9.17, 15) is 4.39 Å². The van der Waals surface area contributed by atoms with Gasteiger partial charge < -0.3 is 11.5 Å². The van der Waals surface area contributed by atoms with E-state index in [2.05, 4.69) is 9.97 Å². The Morgan fingerprint density at radius 1 is 0.923 bits per heavy atom. The predicted octanol–water partition coefficient (Wildman–Crippen LogP) is 4.92. The maximum Gasteiger partial charge on any atom is 0.132 e. The zero-order chi connectivity index (χ0) is 18.3. The van der Waals surface area contributed by atoms with Gasteiger partial charge in [0.25, 0.3) is 0 Å². The maximum absolute atomic E-state index is 14.4. The van der Waals surface area contributed by atoms with E-state index in [-0.39, 0.29) is 0 Å². The van der Waals surface area contributed by atoms with E-state index in [0.717, 1.165) is 10.9 Å². The van der Waals surface area contributed by atoms with Crippen molar-refractivity contribution in [2.24, 2.45) is 0 Å². The lowest BCUT2D eigenvalue weighted by atomic mass is 10.00. The summed E-state index contributed by atoms with van der Waals surface area (Å²) in [6.07, 6.45) is 1.59. The monoisotopic (exact) mass is 364 g/mol. The molecule has 0 unspecified atom stereocenters. The zero-order valence-electron chi connectivity index (χ0n) is 13.6. The fourth-order valence-electron chi connectivity index (χ4n) is 2.91. The number of fused-ring (bicyclic) bond motifs is 1. The number of nitrogens with two attached hydrogens (primary N) is 2. The Morgan fingerprint density at radius 3 is 2.58 bits per heavy atom. The number of nitrogen functional groups attached to an aromatic ring is 2. The van der Waals surface area contributed by atoms with Crippen LogP contribution in [0.5, 0.6) is 0 Å². The number of rotatable bonds is 2. The van der Waals surface area contributed by atoms with Crippen LogP contribution in [0.25, 0.3) is 33.4 Å². The molecule has 0 aliphatic carbocycles. The summed E-state index contributed by atoms with van der Waals surface area (Å²) in [4.78, 5) is 8.97. The second-order valence-corrected chi connectivity index (χ2v) is 6.30. The van der Waals surface area contributed by atoms with Crippen molar-refractivity contribution in [2.75, 3.05) is 11.5 Å². The normalized spacial score (nSPS) is 11.0. The Hall–Kier alpha value is -3.18. The molecule has 0 atom stereocenters. The molecule has 6 heteroatoms. The van der Waals surface area contributed by atoms with E-state index >= 15 is 0 Å². The zero-order valence-corrected chi connectivity index (χ0v) is 14.3. The number of pyridine rings is 2. The van der Waals surface area contributed by atoms with Crippen LogP contribution in [0.4, 0.5) is 15.8 Å². The molecule has 0 amide bonds. The summed E-state index contributed by atoms with van der Waals surface area (Å²) in [5.74, 6) is -0.406. The number of para-hydroxylation sites is 1.